The molecule has 0 aromatic carbocycles. The summed E-state index contributed by atoms with van der Waals surface area (Å²) in [4.78, 5) is 31.1. The van der Waals surface area contributed by atoms with Crippen LogP contribution in [0.15, 0.2) is 17.5 Å². The molecule has 10 heteroatoms. The van der Waals surface area contributed by atoms with Crippen molar-refractivity contribution in [1.29, 1.82) is 0 Å². The number of thiophene rings is 1. The predicted octanol–water partition coefficient (Wildman–Crippen LogP) is 3.32. The molecule has 7 nitrogen and oxygen atoms in total. The zero-order chi connectivity index (χ0) is 18.5. The number of anilines is 1. The molecule has 140 valence electrons. The number of hydrogen-bond acceptors (Lipinski definition) is 6. The van der Waals surface area contributed by atoms with Gasteiger partial charge in [0.2, 0.25) is 0 Å². The van der Waals surface area contributed by atoms with E-state index < -0.39 is 0 Å². The van der Waals surface area contributed by atoms with Crippen LogP contribution in [0.3, 0.4) is 0 Å². The van der Waals surface area contributed by atoms with Gasteiger partial charge < -0.3 is 15.0 Å². The average Bonchev–Trinajstić information content (AvgIpc) is 3.35. The maximum Gasteiger partial charge on any atom is 0.321 e. The van der Waals surface area contributed by atoms with Crippen molar-refractivity contribution in [1.82, 2.24) is 15.2 Å². The Kier molecular flexibility index (Phi) is 6.47. The van der Waals surface area contributed by atoms with Gasteiger partial charge in [-0.15, -0.1) is 22.7 Å². The number of hydrogen-bond donors (Lipinski definition) is 2. The first-order valence-corrected chi connectivity index (χ1v) is 10.2. The van der Waals surface area contributed by atoms with Crippen molar-refractivity contribution in [3.63, 3.8) is 0 Å². The second-order valence-corrected chi connectivity index (χ2v) is 8.51. The molecule has 0 saturated carbocycles. The van der Waals surface area contributed by atoms with Gasteiger partial charge in [-0.05, 0) is 25.0 Å². The molecule has 2 N–H and O–H groups in total. The van der Waals surface area contributed by atoms with Gasteiger partial charge >= 0.3 is 6.03 Å². The van der Waals surface area contributed by atoms with Gasteiger partial charge in [0.1, 0.15) is 6.10 Å². The highest BCUT2D eigenvalue weighted by atomic mass is 35.5. The standard InChI is InChI=1S/C16H19ClN4O3S2/c1-21(14(22)12-3-2-6-24-12)8-10-9-25-16(19-10)20-15(23)18-7-11-4-5-13(17)26-11/h4-5,9,12H,2-3,6-8H2,1H3,(H2,18,19,20,23)/t12-/m1/s1. The second kappa shape index (κ2) is 8.81. The molecule has 1 aliphatic heterocycles. The van der Waals surface area contributed by atoms with Crippen LogP contribution in [0.25, 0.3) is 0 Å². The maximum atomic E-state index is 12.2. The van der Waals surface area contributed by atoms with Crippen molar-refractivity contribution in [2.45, 2.75) is 32.0 Å². The topological polar surface area (TPSA) is 83.6 Å². The number of thiazole rings is 1. The van der Waals surface area contributed by atoms with Crippen LogP contribution in [0.2, 0.25) is 4.34 Å². The van der Waals surface area contributed by atoms with E-state index in [9.17, 15) is 9.59 Å². The third-order valence-corrected chi connectivity index (χ3v) is 5.84. The number of likely N-dealkylation sites (N-methyl/N-ethyl adjacent to an activating group) is 1. The van der Waals surface area contributed by atoms with Crippen LogP contribution in [0.4, 0.5) is 9.93 Å². The number of urea groups is 1. The van der Waals surface area contributed by atoms with E-state index in [0.29, 0.717) is 29.2 Å². The van der Waals surface area contributed by atoms with Crippen LogP contribution in [0, 0.1) is 0 Å². The minimum Gasteiger partial charge on any atom is -0.368 e. The van der Waals surface area contributed by atoms with Crippen LogP contribution in [-0.2, 0) is 22.6 Å². The van der Waals surface area contributed by atoms with Gasteiger partial charge in [0.25, 0.3) is 5.91 Å². The number of halogens is 1. The molecular weight excluding hydrogens is 396 g/mol. The fourth-order valence-corrected chi connectivity index (χ4v) is 4.26. The minimum atomic E-state index is -0.340. The molecule has 0 unspecified atom stereocenters. The van der Waals surface area contributed by atoms with Crippen molar-refractivity contribution < 1.29 is 14.3 Å². The molecule has 1 saturated heterocycles. The lowest BCUT2D eigenvalue weighted by Gasteiger charge is -2.19. The minimum absolute atomic E-state index is 0.0302. The summed E-state index contributed by atoms with van der Waals surface area (Å²) in [5, 5.41) is 7.76. The van der Waals surface area contributed by atoms with Crippen molar-refractivity contribution in [2.75, 3.05) is 19.0 Å². The molecule has 26 heavy (non-hydrogen) atoms. The Morgan fingerprint density at radius 2 is 2.31 bits per heavy atom. The quantitative estimate of drug-likeness (QED) is 0.759. The Balaban J connectivity index is 1.46. The first-order chi connectivity index (χ1) is 12.5. The van der Waals surface area contributed by atoms with E-state index in [1.807, 2.05) is 11.4 Å². The van der Waals surface area contributed by atoms with Gasteiger partial charge in [-0.3, -0.25) is 10.1 Å². The first-order valence-electron chi connectivity index (χ1n) is 8.11. The zero-order valence-corrected chi connectivity index (χ0v) is 16.5. The Morgan fingerprint density at radius 3 is 3.00 bits per heavy atom. The lowest BCUT2D eigenvalue weighted by Crippen LogP contribution is -2.35. The Bertz CT molecular complexity index is 773. The summed E-state index contributed by atoms with van der Waals surface area (Å²) in [5.74, 6) is -0.0302. The Labute approximate surface area is 164 Å². The monoisotopic (exact) mass is 414 g/mol. The first kappa shape index (κ1) is 19.1. The number of amides is 3. The van der Waals surface area contributed by atoms with Crippen LogP contribution in [0.5, 0.6) is 0 Å². The van der Waals surface area contributed by atoms with Crippen LogP contribution < -0.4 is 10.6 Å². The van der Waals surface area contributed by atoms with Crippen molar-refractivity contribution in [3.05, 3.63) is 32.4 Å². The van der Waals surface area contributed by atoms with Crippen LogP contribution >= 0.6 is 34.3 Å². The summed E-state index contributed by atoms with van der Waals surface area (Å²) in [5.41, 5.74) is 0.726. The lowest BCUT2D eigenvalue weighted by atomic mass is 10.2. The zero-order valence-electron chi connectivity index (χ0n) is 14.2. The molecule has 1 aliphatic rings. The van der Waals surface area contributed by atoms with Gasteiger partial charge in [-0.25, -0.2) is 9.78 Å². The van der Waals surface area contributed by atoms with E-state index in [1.54, 1.807) is 18.0 Å². The smallest absolute Gasteiger partial charge is 0.321 e. The molecule has 1 fully saturated rings. The normalized spacial score (nSPS) is 16.5. The summed E-state index contributed by atoms with van der Waals surface area (Å²) in [6.45, 7) is 1.42. The van der Waals surface area contributed by atoms with Gasteiger partial charge in [0, 0.05) is 23.9 Å². The molecule has 3 heterocycles. The summed E-state index contributed by atoms with van der Waals surface area (Å²) >= 11 is 8.60. The van der Waals surface area contributed by atoms with E-state index >= 15 is 0 Å². The van der Waals surface area contributed by atoms with E-state index in [4.69, 9.17) is 16.3 Å². The summed E-state index contributed by atoms with van der Waals surface area (Å²) in [6.07, 6.45) is 1.34. The fourth-order valence-electron chi connectivity index (χ4n) is 2.53. The molecule has 2 aromatic rings. The number of carbonyl (C=O) groups is 2. The van der Waals surface area contributed by atoms with E-state index in [-0.39, 0.29) is 18.0 Å². The predicted molar refractivity (Wildman–Crippen MR) is 103 cm³/mol. The average molecular weight is 415 g/mol. The molecular formula is C16H19ClN4O3S2. The molecule has 3 amide bonds. The molecule has 0 bridgehead atoms. The summed E-state index contributed by atoms with van der Waals surface area (Å²) in [6, 6.07) is 3.33. The maximum absolute atomic E-state index is 12.2. The Morgan fingerprint density at radius 1 is 1.46 bits per heavy atom. The molecule has 2 aromatic heterocycles. The highest BCUT2D eigenvalue weighted by Crippen LogP contribution is 2.21. The second-order valence-electron chi connectivity index (χ2n) is 5.85. The lowest BCUT2D eigenvalue weighted by molar-refractivity contribution is -0.140. The van der Waals surface area contributed by atoms with Gasteiger partial charge in [0.05, 0.1) is 23.1 Å². The SMILES string of the molecule is CN(Cc1csc(NC(=O)NCc2ccc(Cl)s2)n1)C(=O)[C@H]1CCCO1. The van der Waals surface area contributed by atoms with Gasteiger partial charge in [0.15, 0.2) is 5.13 Å². The highest BCUT2D eigenvalue weighted by molar-refractivity contribution is 7.16. The Hall–Kier alpha value is -1.68. The van der Waals surface area contributed by atoms with Gasteiger partial charge in [-0.2, -0.15) is 0 Å². The highest BCUT2D eigenvalue weighted by Gasteiger charge is 2.26. The molecule has 0 radical (unpaired) electrons. The molecule has 3 rings (SSSR count). The van der Waals surface area contributed by atoms with Crippen LogP contribution in [0.1, 0.15) is 23.4 Å². The summed E-state index contributed by atoms with van der Waals surface area (Å²) < 4.78 is 6.10. The molecule has 0 spiro atoms. The van der Waals surface area contributed by atoms with Crippen LogP contribution in [-0.4, -0.2) is 41.6 Å². The number of rotatable bonds is 6. The van der Waals surface area contributed by atoms with E-state index in [2.05, 4.69) is 15.6 Å². The largest absolute Gasteiger partial charge is 0.368 e. The van der Waals surface area contributed by atoms with E-state index in [0.717, 1.165) is 23.4 Å². The van der Waals surface area contributed by atoms with Crippen molar-refractivity contribution in [2.24, 2.45) is 0 Å². The third-order valence-electron chi connectivity index (χ3n) is 3.80. The van der Waals surface area contributed by atoms with Crippen molar-refractivity contribution >= 4 is 51.3 Å². The number of carbonyl (C=O) groups excluding carboxylic acids is 2. The number of nitrogens with zero attached hydrogens (tertiary/aromatic N) is 2. The van der Waals surface area contributed by atoms with E-state index in [1.165, 1.54) is 22.7 Å². The molecule has 0 aliphatic carbocycles. The fraction of sp³-hybridized carbons (Fsp3) is 0.438. The third kappa shape index (κ3) is 5.16. The van der Waals surface area contributed by atoms with Gasteiger partial charge in [-0.1, -0.05) is 11.6 Å². The number of aromatic nitrogens is 1. The number of ether oxygens (including phenoxy) is 1. The summed E-state index contributed by atoms with van der Waals surface area (Å²) in [7, 11) is 1.73. The van der Waals surface area contributed by atoms with Crippen molar-refractivity contribution in [3.8, 4) is 0 Å². The molecule has 1 atom stereocenters. The number of nitrogens with one attached hydrogen (secondary N) is 2.